The van der Waals surface area contributed by atoms with Gasteiger partial charge in [0.25, 0.3) is 0 Å². The second-order valence-corrected chi connectivity index (χ2v) is 12.7. The average molecular weight is 561 g/mol. The first-order valence-electron chi connectivity index (χ1n) is 14.2. The maximum Gasteiger partial charge on any atom is 0.160 e. The Hall–Kier alpha value is -3.14. The molecule has 3 aliphatic rings. The number of thiophene rings is 1. The topological polar surface area (TPSA) is 115 Å². The van der Waals surface area contributed by atoms with Crippen molar-refractivity contribution in [3.63, 3.8) is 0 Å². The van der Waals surface area contributed by atoms with Crippen LogP contribution in [-0.2, 0) is 11.3 Å². The molecule has 1 saturated carbocycles. The Balaban J connectivity index is 1.20. The van der Waals surface area contributed by atoms with Gasteiger partial charge in [-0.05, 0) is 82.2 Å². The molecule has 0 spiro atoms. The van der Waals surface area contributed by atoms with Crippen molar-refractivity contribution in [3.05, 3.63) is 64.8 Å². The lowest BCUT2D eigenvalue weighted by Gasteiger charge is -2.29. The third-order valence-corrected chi connectivity index (χ3v) is 8.32. The average Bonchev–Trinajstić information content (AvgIpc) is 3.39. The quantitative estimate of drug-likeness (QED) is 0.216. The zero-order chi connectivity index (χ0) is 28.1. The Morgan fingerprint density at radius 2 is 2.05 bits per heavy atom. The fourth-order valence-corrected chi connectivity index (χ4v) is 6.11. The van der Waals surface area contributed by atoms with E-state index in [9.17, 15) is 5.11 Å². The summed E-state index contributed by atoms with van der Waals surface area (Å²) in [5, 5.41) is 27.6. The number of hydrogen-bond donors (Lipinski definition) is 4. The van der Waals surface area contributed by atoms with E-state index in [0.29, 0.717) is 5.71 Å². The number of aliphatic imine (C=N–C) groups is 2. The van der Waals surface area contributed by atoms with Crippen LogP contribution in [0.25, 0.3) is 5.57 Å². The molecule has 8 nitrogen and oxygen atoms in total. The van der Waals surface area contributed by atoms with Crippen molar-refractivity contribution in [2.45, 2.75) is 83.8 Å². The molecule has 4 N–H and O–H groups in total. The van der Waals surface area contributed by atoms with Crippen LogP contribution in [0.15, 0.2) is 64.2 Å². The molecule has 9 heteroatoms. The number of rotatable bonds is 9. The molecule has 2 atom stereocenters. The molecular weight excluding hydrogens is 520 g/mol. The number of nitrogens with one attached hydrogen (secondary N) is 3. The number of aromatic nitrogens is 1. The fourth-order valence-electron chi connectivity index (χ4n) is 5.46. The van der Waals surface area contributed by atoms with Crippen LogP contribution in [0.2, 0.25) is 0 Å². The number of pyridine rings is 1. The summed E-state index contributed by atoms with van der Waals surface area (Å²) >= 11 is 1.74. The molecular formula is C31H40N6O2S. The van der Waals surface area contributed by atoms with Crippen LogP contribution in [0.4, 0.5) is 5.82 Å². The van der Waals surface area contributed by atoms with E-state index >= 15 is 0 Å². The second kappa shape index (κ2) is 12.6. The van der Waals surface area contributed by atoms with Crippen molar-refractivity contribution in [2.75, 3.05) is 5.32 Å². The number of nitrogens with zero attached hydrogens (tertiary/aromatic N) is 3. The highest BCUT2D eigenvalue weighted by atomic mass is 32.1. The highest BCUT2D eigenvalue weighted by Gasteiger charge is 2.29. The van der Waals surface area contributed by atoms with E-state index in [1.165, 1.54) is 4.88 Å². The van der Waals surface area contributed by atoms with Gasteiger partial charge in [-0.25, -0.2) is 4.98 Å². The highest BCUT2D eigenvalue weighted by molar-refractivity contribution is 7.09. The number of aliphatic hydroxyl groups excluding tert-OH is 1. The summed E-state index contributed by atoms with van der Waals surface area (Å²) in [5.41, 5.74) is 3.18. The van der Waals surface area contributed by atoms with E-state index in [2.05, 4.69) is 34.2 Å². The standard InChI is InChI=1S/C31H40N6O2S/c1-31(2,3)39-29(38)17-25(32)20-9-11-22(12-10-20)36-30-27-16-21(13-14-33-30)24(19-34-27)26-7-4-8-28(37-26)35-18-23-6-5-15-40-23/h4-8,13-15,19-22,29,32,38H,9-12,16-18H2,1-3H3,(H,33,36)(H,35,37). The van der Waals surface area contributed by atoms with Gasteiger partial charge in [-0.1, -0.05) is 18.2 Å². The molecule has 0 radical (unpaired) electrons. The summed E-state index contributed by atoms with van der Waals surface area (Å²) in [6, 6.07) is 10.5. The van der Waals surface area contributed by atoms with Gasteiger partial charge in [-0.2, -0.15) is 0 Å². The monoisotopic (exact) mass is 560 g/mol. The number of hydrogen-bond acceptors (Lipinski definition) is 8. The van der Waals surface area contributed by atoms with Crippen molar-refractivity contribution >= 4 is 40.0 Å². The van der Waals surface area contributed by atoms with Crippen molar-refractivity contribution in [3.8, 4) is 0 Å². The SMILES string of the molecule is CC(C)(C)OC(O)CC(=N)C1CCC(N=C2NC=CC3CC2=NC=C3c2cccc(NCc3cccs3)n2)CC1. The van der Waals surface area contributed by atoms with E-state index in [-0.39, 0.29) is 24.3 Å². The third kappa shape index (κ3) is 7.53. The lowest BCUT2D eigenvalue weighted by molar-refractivity contribution is -0.161. The van der Waals surface area contributed by atoms with E-state index in [1.807, 2.05) is 51.4 Å². The zero-order valence-corrected chi connectivity index (χ0v) is 24.4. The number of allylic oxidation sites excluding steroid dienone is 2. The van der Waals surface area contributed by atoms with E-state index < -0.39 is 11.9 Å². The third-order valence-electron chi connectivity index (χ3n) is 7.45. The normalized spacial score (nSPS) is 24.5. The summed E-state index contributed by atoms with van der Waals surface area (Å²) in [6.45, 7) is 6.50. The van der Waals surface area contributed by atoms with Gasteiger partial charge in [-0.15, -0.1) is 11.3 Å². The Labute approximate surface area is 240 Å². The predicted molar refractivity (Wildman–Crippen MR) is 164 cm³/mol. The first-order chi connectivity index (χ1) is 19.2. The second-order valence-electron chi connectivity index (χ2n) is 11.7. The molecule has 1 aliphatic carbocycles. The summed E-state index contributed by atoms with van der Waals surface area (Å²) in [5.74, 6) is 2.08. The van der Waals surface area contributed by atoms with Crippen LogP contribution in [0, 0.1) is 17.2 Å². The molecule has 0 aromatic carbocycles. The highest BCUT2D eigenvalue weighted by Crippen LogP contribution is 2.33. The Morgan fingerprint density at radius 3 is 2.80 bits per heavy atom. The summed E-state index contributed by atoms with van der Waals surface area (Å²) in [6.07, 6.45) is 9.89. The molecule has 2 aromatic heterocycles. The predicted octanol–water partition coefficient (Wildman–Crippen LogP) is 6.17. The van der Waals surface area contributed by atoms with E-state index in [4.69, 9.17) is 25.1 Å². The first kappa shape index (κ1) is 28.4. The van der Waals surface area contributed by atoms with Crippen LogP contribution >= 0.6 is 11.3 Å². The maximum absolute atomic E-state index is 10.2. The van der Waals surface area contributed by atoms with E-state index in [1.54, 1.807) is 11.3 Å². The molecule has 1 fully saturated rings. The summed E-state index contributed by atoms with van der Waals surface area (Å²) in [4.78, 5) is 16.0. The molecule has 0 saturated heterocycles. The summed E-state index contributed by atoms with van der Waals surface area (Å²) < 4.78 is 5.59. The van der Waals surface area contributed by atoms with Gasteiger partial charge >= 0.3 is 0 Å². The molecule has 4 heterocycles. The lowest BCUT2D eigenvalue weighted by atomic mass is 9.82. The minimum Gasteiger partial charge on any atom is -0.368 e. The lowest BCUT2D eigenvalue weighted by Crippen LogP contribution is -2.33. The van der Waals surface area contributed by atoms with Crippen LogP contribution in [0.1, 0.15) is 69.9 Å². The molecule has 5 rings (SSSR count). The smallest absolute Gasteiger partial charge is 0.160 e. The molecule has 40 heavy (non-hydrogen) atoms. The van der Waals surface area contributed by atoms with Crippen molar-refractivity contribution in [2.24, 2.45) is 21.8 Å². The molecule has 2 aliphatic heterocycles. The number of anilines is 1. The number of aliphatic hydroxyl groups is 1. The first-order valence-corrected chi connectivity index (χ1v) is 15.1. The largest absolute Gasteiger partial charge is 0.368 e. The van der Waals surface area contributed by atoms with Gasteiger partial charge in [-0.3, -0.25) is 9.98 Å². The maximum atomic E-state index is 10.2. The van der Waals surface area contributed by atoms with Gasteiger partial charge in [0, 0.05) is 41.1 Å². The van der Waals surface area contributed by atoms with Crippen LogP contribution in [0.3, 0.4) is 0 Å². The fraction of sp³-hybridized carbons (Fsp3) is 0.484. The van der Waals surface area contributed by atoms with Crippen LogP contribution in [0.5, 0.6) is 0 Å². The van der Waals surface area contributed by atoms with Crippen LogP contribution in [-0.4, -0.2) is 45.3 Å². The minimum atomic E-state index is -0.928. The van der Waals surface area contributed by atoms with Gasteiger partial charge in [0.05, 0.1) is 29.6 Å². The van der Waals surface area contributed by atoms with E-state index in [0.717, 1.165) is 67.3 Å². The molecule has 2 unspecified atom stereocenters. The van der Waals surface area contributed by atoms with Gasteiger partial charge < -0.3 is 25.9 Å². The minimum absolute atomic E-state index is 0.182. The van der Waals surface area contributed by atoms with Crippen molar-refractivity contribution in [1.29, 1.82) is 5.41 Å². The van der Waals surface area contributed by atoms with Gasteiger partial charge in [0.2, 0.25) is 0 Å². The Bertz CT molecular complexity index is 1300. The Morgan fingerprint density at radius 1 is 1.23 bits per heavy atom. The zero-order valence-electron chi connectivity index (χ0n) is 23.6. The number of ether oxygens (including phenoxy) is 1. The van der Waals surface area contributed by atoms with Gasteiger partial charge in [0.15, 0.2) is 6.29 Å². The van der Waals surface area contributed by atoms with Crippen LogP contribution < -0.4 is 10.6 Å². The van der Waals surface area contributed by atoms with Crippen molar-refractivity contribution < 1.29 is 9.84 Å². The number of amidine groups is 1. The molecule has 212 valence electrons. The molecule has 2 bridgehead atoms. The van der Waals surface area contributed by atoms with Crippen molar-refractivity contribution in [1.82, 2.24) is 10.3 Å². The molecule has 2 aromatic rings. The molecule has 0 amide bonds. The summed E-state index contributed by atoms with van der Waals surface area (Å²) in [7, 11) is 0. The van der Waals surface area contributed by atoms with Gasteiger partial charge in [0.1, 0.15) is 11.7 Å². The Kier molecular flexibility index (Phi) is 8.93. The number of fused-ring (bicyclic) bond motifs is 2.